The fourth-order valence-electron chi connectivity index (χ4n) is 1.61. The van der Waals surface area contributed by atoms with E-state index in [-0.39, 0.29) is 0 Å². The zero-order valence-corrected chi connectivity index (χ0v) is 10.6. The quantitative estimate of drug-likeness (QED) is 0.904. The maximum absolute atomic E-state index is 5.91. The molecule has 0 saturated heterocycles. The molecule has 0 bridgehead atoms. The first-order valence-electron chi connectivity index (χ1n) is 5.44. The minimum atomic E-state index is 0.686. The van der Waals surface area contributed by atoms with E-state index in [4.69, 9.17) is 11.6 Å². The summed E-state index contributed by atoms with van der Waals surface area (Å²) in [6.45, 7) is 4.60. The number of rotatable bonds is 3. The van der Waals surface area contributed by atoms with Crippen molar-refractivity contribution < 1.29 is 0 Å². The van der Waals surface area contributed by atoms with Gasteiger partial charge in [0.2, 0.25) is 0 Å². The van der Waals surface area contributed by atoms with E-state index < -0.39 is 0 Å². The van der Waals surface area contributed by atoms with E-state index in [0.29, 0.717) is 6.54 Å². The molecular formula is C13H14ClN3. The second kappa shape index (κ2) is 5.15. The monoisotopic (exact) mass is 247 g/mol. The number of nitrogens with zero attached hydrogens (tertiary/aromatic N) is 2. The number of hydrogen-bond donors (Lipinski definition) is 1. The zero-order valence-electron chi connectivity index (χ0n) is 9.87. The molecular weight excluding hydrogens is 234 g/mol. The Morgan fingerprint density at radius 2 is 2.06 bits per heavy atom. The first-order chi connectivity index (χ1) is 8.15. The molecule has 0 aliphatic heterocycles. The van der Waals surface area contributed by atoms with Gasteiger partial charge in [-0.1, -0.05) is 11.6 Å². The first kappa shape index (κ1) is 11.9. The van der Waals surface area contributed by atoms with Crippen LogP contribution in [0.5, 0.6) is 0 Å². The fraction of sp³-hybridized carbons (Fsp3) is 0.231. The Hall–Kier alpha value is -1.61. The molecule has 2 aromatic rings. The molecule has 3 nitrogen and oxygen atoms in total. The van der Waals surface area contributed by atoms with Gasteiger partial charge in [0.1, 0.15) is 5.82 Å². The van der Waals surface area contributed by atoms with Crippen molar-refractivity contribution in [2.24, 2.45) is 0 Å². The Balaban J connectivity index is 2.07. The molecule has 17 heavy (non-hydrogen) atoms. The number of hydrogen-bond acceptors (Lipinski definition) is 3. The third kappa shape index (κ3) is 3.17. The third-order valence-electron chi connectivity index (χ3n) is 2.48. The summed E-state index contributed by atoms with van der Waals surface area (Å²) < 4.78 is 0. The Bertz CT molecular complexity index is 526. The minimum Gasteiger partial charge on any atom is -0.379 e. The van der Waals surface area contributed by atoms with Crippen molar-refractivity contribution in [2.75, 3.05) is 5.32 Å². The molecule has 0 fully saturated rings. The van der Waals surface area contributed by atoms with Gasteiger partial charge in [0.05, 0.1) is 12.2 Å². The number of nitrogens with one attached hydrogen (secondary N) is 1. The lowest BCUT2D eigenvalue weighted by atomic mass is 10.2. The Labute approximate surface area is 106 Å². The van der Waals surface area contributed by atoms with E-state index in [0.717, 1.165) is 27.8 Å². The van der Waals surface area contributed by atoms with E-state index in [2.05, 4.69) is 15.3 Å². The van der Waals surface area contributed by atoms with Crippen LogP contribution >= 0.6 is 11.6 Å². The predicted molar refractivity (Wildman–Crippen MR) is 70.3 cm³/mol. The average Bonchev–Trinajstić information content (AvgIpc) is 2.28. The molecule has 2 rings (SSSR count). The number of halogens is 1. The van der Waals surface area contributed by atoms with Crippen LogP contribution in [0.1, 0.15) is 17.1 Å². The largest absolute Gasteiger partial charge is 0.379 e. The summed E-state index contributed by atoms with van der Waals surface area (Å²) in [5.41, 5.74) is 3.18. The standard InChI is InChI=1S/C13H14ClN3/c1-9-7-11(14)3-4-13(9)16-8-12-5-6-15-10(2)17-12/h3-7,16H,8H2,1-2H3. The van der Waals surface area contributed by atoms with E-state index in [1.807, 2.05) is 38.1 Å². The van der Waals surface area contributed by atoms with Crippen molar-refractivity contribution in [1.29, 1.82) is 0 Å². The van der Waals surface area contributed by atoms with Crippen LogP contribution in [0.15, 0.2) is 30.5 Å². The van der Waals surface area contributed by atoms with Crippen LogP contribution in [-0.4, -0.2) is 9.97 Å². The highest BCUT2D eigenvalue weighted by Crippen LogP contribution is 2.19. The van der Waals surface area contributed by atoms with Crippen LogP contribution in [0.25, 0.3) is 0 Å². The second-order valence-electron chi connectivity index (χ2n) is 3.91. The molecule has 0 atom stereocenters. The van der Waals surface area contributed by atoms with E-state index in [1.54, 1.807) is 6.20 Å². The van der Waals surface area contributed by atoms with Gasteiger partial charge < -0.3 is 5.32 Å². The van der Waals surface area contributed by atoms with Gasteiger partial charge in [-0.05, 0) is 43.7 Å². The summed E-state index contributed by atoms with van der Waals surface area (Å²) in [5.74, 6) is 0.789. The molecule has 0 amide bonds. The van der Waals surface area contributed by atoms with Crippen molar-refractivity contribution in [3.8, 4) is 0 Å². The first-order valence-corrected chi connectivity index (χ1v) is 5.81. The third-order valence-corrected chi connectivity index (χ3v) is 2.72. The van der Waals surface area contributed by atoms with E-state index in [9.17, 15) is 0 Å². The molecule has 0 unspecified atom stereocenters. The van der Waals surface area contributed by atoms with Crippen molar-refractivity contribution >= 4 is 17.3 Å². The van der Waals surface area contributed by atoms with E-state index >= 15 is 0 Å². The fourth-order valence-corrected chi connectivity index (χ4v) is 1.84. The van der Waals surface area contributed by atoms with Crippen LogP contribution < -0.4 is 5.32 Å². The Kier molecular flexibility index (Phi) is 3.59. The molecule has 1 aromatic heterocycles. The van der Waals surface area contributed by atoms with Gasteiger partial charge in [-0.2, -0.15) is 0 Å². The van der Waals surface area contributed by atoms with Crippen molar-refractivity contribution in [3.05, 3.63) is 52.6 Å². The van der Waals surface area contributed by atoms with Gasteiger partial charge in [0.15, 0.2) is 0 Å². The molecule has 4 heteroatoms. The minimum absolute atomic E-state index is 0.686. The summed E-state index contributed by atoms with van der Waals surface area (Å²) in [5, 5.41) is 4.09. The summed E-state index contributed by atoms with van der Waals surface area (Å²) in [4.78, 5) is 8.40. The maximum atomic E-state index is 5.91. The maximum Gasteiger partial charge on any atom is 0.125 e. The molecule has 1 aromatic carbocycles. The molecule has 0 aliphatic rings. The van der Waals surface area contributed by atoms with Crippen LogP contribution in [0, 0.1) is 13.8 Å². The second-order valence-corrected chi connectivity index (χ2v) is 4.34. The SMILES string of the molecule is Cc1nccc(CNc2ccc(Cl)cc2C)n1. The molecule has 0 aliphatic carbocycles. The molecule has 0 radical (unpaired) electrons. The van der Waals surface area contributed by atoms with Crippen molar-refractivity contribution in [1.82, 2.24) is 9.97 Å². The Morgan fingerprint density at radius 1 is 1.24 bits per heavy atom. The van der Waals surface area contributed by atoms with Gasteiger partial charge in [0.25, 0.3) is 0 Å². The predicted octanol–water partition coefficient (Wildman–Crippen LogP) is 3.36. The summed E-state index contributed by atoms with van der Waals surface area (Å²) >= 11 is 5.91. The van der Waals surface area contributed by atoms with Crippen LogP contribution in [0.4, 0.5) is 5.69 Å². The topological polar surface area (TPSA) is 37.8 Å². The number of benzene rings is 1. The van der Waals surface area contributed by atoms with E-state index in [1.165, 1.54) is 0 Å². The summed E-state index contributed by atoms with van der Waals surface area (Å²) in [6.07, 6.45) is 1.77. The van der Waals surface area contributed by atoms with Crippen LogP contribution in [0.3, 0.4) is 0 Å². The highest BCUT2D eigenvalue weighted by atomic mass is 35.5. The van der Waals surface area contributed by atoms with Crippen molar-refractivity contribution in [2.45, 2.75) is 20.4 Å². The average molecular weight is 248 g/mol. The smallest absolute Gasteiger partial charge is 0.125 e. The molecule has 88 valence electrons. The molecule has 1 N–H and O–H groups in total. The molecule has 1 heterocycles. The van der Waals surface area contributed by atoms with Gasteiger partial charge in [-0.15, -0.1) is 0 Å². The van der Waals surface area contributed by atoms with Gasteiger partial charge in [-0.3, -0.25) is 0 Å². The van der Waals surface area contributed by atoms with Crippen LogP contribution in [0.2, 0.25) is 5.02 Å². The molecule has 0 spiro atoms. The number of anilines is 1. The number of aromatic nitrogens is 2. The highest BCUT2D eigenvalue weighted by Gasteiger charge is 2.00. The summed E-state index contributed by atoms with van der Waals surface area (Å²) in [6, 6.07) is 7.70. The van der Waals surface area contributed by atoms with Gasteiger partial charge >= 0.3 is 0 Å². The van der Waals surface area contributed by atoms with Gasteiger partial charge in [-0.25, -0.2) is 9.97 Å². The summed E-state index contributed by atoms with van der Waals surface area (Å²) in [7, 11) is 0. The normalized spacial score (nSPS) is 10.3. The Morgan fingerprint density at radius 3 is 2.76 bits per heavy atom. The van der Waals surface area contributed by atoms with Crippen molar-refractivity contribution in [3.63, 3.8) is 0 Å². The van der Waals surface area contributed by atoms with Gasteiger partial charge in [0, 0.05) is 16.9 Å². The lowest BCUT2D eigenvalue weighted by Gasteiger charge is -2.09. The number of aryl methyl sites for hydroxylation is 2. The lowest BCUT2D eigenvalue weighted by molar-refractivity contribution is 0.954. The van der Waals surface area contributed by atoms with Crippen LogP contribution in [-0.2, 0) is 6.54 Å². The molecule has 0 saturated carbocycles. The zero-order chi connectivity index (χ0) is 12.3. The lowest BCUT2D eigenvalue weighted by Crippen LogP contribution is -2.04. The highest BCUT2D eigenvalue weighted by molar-refractivity contribution is 6.30.